The number of hydrogen-bond acceptors (Lipinski definition) is 3. The molecular weight excluding hydrogens is 238 g/mol. The highest BCUT2D eigenvalue weighted by molar-refractivity contribution is 5.38. The highest BCUT2D eigenvalue weighted by atomic mass is 16.3. The minimum absolute atomic E-state index is 0.353. The molecule has 2 N–H and O–H groups in total. The standard InChI is InChI=1S/C15H19N3O/c19-13-6-5-12-3-1-4-15(14(12)11-13)16-8-10-18-9-2-7-17-18/h2,5-7,9,11,15-16,19H,1,3-4,8,10H2. The van der Waals surface area contributed by atoms with E-state index in [4.69, 9.17) is 0 Å². The van der Waals surface area contributed by atoms with Gasteiger partial charge < -0.3 is 10.4 Å². The third-order valence-electron chi connectivity index (χ3n) is 3.73. The predicted octanol–water partition coefficient (Wildman–Crippen LogP) is 2.26. The Labute approximate surface area is 113 Å². The zero-order valence-electron chi connectivity index (χ0n) is 10.9. The Morgan fingerprint density at radius 1 is 1.42 bits per heavy atom. The van der Waals surface area contributed by atoms with Gasteiger partial charge in [-0.05, 0) is 48.6 Å². The van der Waals surface area contributed by atoms with Crippen LogP contribution in [-0.2, 0) is 13.0 Å². The first kappa shape index (κ1) is 12.2. The summed E-state index contributed by atoms with van der Waals surface area (Å²) in [6, 6.07) is 8.02. The maximum absolute atomic E-state index is 9.64. The summed E-state index contributed by atoms with van der Waals surface area (Å²) < 4.78 is 1.93. The fourth-order valence-corrected chi connectivity index (χ4v) is 2.78. The van der Waals surface area contributed by atoms with Crippen molar-refractivity contribution in [3.05, 3.63) is 47.8 Å². The highest BCUT2D eigenvalue weighted by Gasteiger charge is 2.19. The summed E-state index contributed by atoms with van der Waals surface area (Å²) >= 11 is 0. The van der Waals surface area contributed by atoms with Crippen LogP contribution >= 0.6 is 0 Å². The van der Waals surface area contributed by atoms with Gasteiger partial charge in [0.05, 0.1) is 6.54 Å². The number of hydrogen-bond donors (Lipinski definition) is 2. The quantitative estimate of drug-likeness (QED) is 0.883. The fraction of sp³-hybridized carbons (Fsp3) is 0.400. The van der Waals surface area contributed by atoms with E-state index in [0.717, 1.165) is 25.9 Å². The van der Waals surface area contributed by atoms with E-state index in [1.807, 2.05) is 29.1 Å². The minimum atomic E-state index is 0.353. The van der Waals surface area contributed by atoms with Gasteiger partial charge >= 0.3 is 0 Å². The van der Waals surface area contributed by atoms with Crippen molar-refractivity contribution in [3.63, 3.8) is 0 Å². The second-order valence-electron chi connectivity index (χ2n) is 5.05. The van der Waals surface area contributed by atoms with Crippen molar-refractivity contribution in [1.82, 2.24) is 15.1 Å². The number of rotatable bonds is 4. The number of nitrogens with zero attached hydrogens (tertiary/aromatic N) is 2. The first-order chi connectivity index (χ1) is 9.33. The van der Waals surface area contributed by atoms with Gasteiger partial charge in [0.1, 0.15) is 5.75 Å². The van der Waals surface area contributed by atoms with Crippen molar-refractivity contribution in [2.75, 3.05) is 6.54 Å². The first-order valence-corrected chi connectivity index (χ1v) is 6.85. The summed E-state index contributed by atoms with van der Waals surface area (Å²) in [5.74, 6) is 0.361. The Morgan fingerprint density at radius 2 is 2.37 bits per heavy atom. The van der Waals surface area contributed by atoms with Crippen LogP contribution in [0.3, 0.4) is 0 Å². The molecule has 0 bridgehead atoms. The summed E-state index contributed by atoms with van der Waals surface area (Å²) in [5.41, 5.74) is 2.62. The first-order valence-electron chi connectivity index (χ1n) is 6.85. The second kappa shape index (κ2) is 5.45. The third-order valence-corrected chi connectivity index (χ3v) is 3.73. The largest absolute Gasteiger partial charge is 0.508 e. The third kappa shape index (κ3) is 2.79. The Bertz CT molecular complexity index is 536. The lowest BCUT2D eigenvalue weighted by Gasteiger charge is -2.26. The summed E-state index contributed by atoms with van der Waals surface area (Å²) in [5, 5.41) is 17.4. The van der Waals surface area contributed by atoms with Gasteiger partial charge in [0.2, 0.25) is 0 Å². The monoisotopic (exact) mass is 257 g/mol. The number of aromatic nitrogens is 2. The molecule has 0 fully saturated rings. The Morgan fingerprint density at radius 3 is 3.21 bits per heavy atom. The van der Waals surface area contributed by atoms with Gasteiger partial charge in [0.15, 0.2) is 0 Å². The average molecular weight is 257 g/mol. The zero-order chi connectivity index (χ0) is 13.1. The van der Waals surface area contributed by atoms with Gasteiger partial charge in [-0.2, -0.15) is 5.10 Å². The molecule has 1 heterocycles. The Balaban J connectivity index is 1.64. The van der Waals surface area contributed by atoms with Crippen LogP contribution in [0, 0.1) is 0 Å². The van der Waals surface area contributed by atoms with Crippen LogP contribution in [0.15, 0.2) is 36.7 Å². The molecule has 2 aromatic rings. The Hall–Kier alpha value is -1.81. The number of nitrogens with one attached hydrogen (secondary N) is 1. The molecule has 1 aromatic heterocycles. The van der Waals surface area contributed by atoms with Crippen LogP contribution in [0.5, 0.6) is 5.75 Å². The number of fused-ring (bicyclic) bond motifs is 1. The van der Waals surface area contributed by atoms with E-state index in [1.165, 1.54) is 17.5 Å². The molecule has 100 valence electrons. The van der Waals surface area contributed by atoms with Crippen molar-refractivity contribution in [2.45, 2.75) is 31.8 Å². The lowest BCUT2D eigenvalue weighted by molar-refractivity contribution is 0.430. The van der Waals surface area contributed by atoms with Crippen molar-refractivity contribution in [2.24, 2.45) is 0 Å². The van der Waals surface area contributed by atoms with Crippen molar-refractivity contribution in [3.8, 4) is 5.75 Å². The van der Waals surface area contributed by atoms with Crippen LogP contribution in [0.25, 0.3) is 0 Å². The summed E-state index contributed by atoms with van der Waals surface area (Å²) in [6.07, 6.45) is 7.23. The molecule has 0 saturated carbocycles. The van der Waals surface area contributed by atoms with Crippen LogP contribution < -0.4 is 5.32 Å². The molecule has 1 aliphatic carbocycles. The number of aromatic hydroxyl groups is 1. The molecule has 0 radical (unpaired) electrons. The van der Waals surface area contributed by atoms with Crippen molar-refractivity contribution < 1.29 is 5.11 Å². The molecule has 1 unspecified atom stereocenters. The van der Waals surface area contributed by atoms with E-state index in [-0.39, 0.29) is 0 Å². The normalized spacial score (nSPS) is 18.2. The number of phenols is 1. The molecule has 0 aliphatic heterocycles. The minimum Gasteiger partial charge on any atom is -0.508 e. The van der Waals surface area contributed by atoms with Gasteiger partial charge in [-0.15, -0.1) is 0 Å². The molecule has 1 aliphatic rings. The summed E-state index contributed by atoms with van der Waals surface area (Å²) in [4.78, 5) is 0. The van der Waals surface area contributed by atoms with Crippen LogP contribution in [0.4, 0.5) is 0 Å². The molecular formula is C15H19N3O. The SMILES string of the molecule is Oc1ccc2c(c1)C(NCCn1cccn1)CCC2. The lowest BCUT2D eigenvalue weighted by atomic mass is 9.87. The van der Waals surface area contributed by atoms with Gasteiger partial charge in [-0.1, -0.05) is 6.07 Å². The lowest BCUT2D eigenvalue weighted by Crippen LogP contribution is -2.28. The van der Waals surface area contributed by atoms with Crippen LogP contribution in [0.2, 0.25) is 0 Å². The van der Waals surface area contributed by atoms with Gasteiger partial charge in [0.25, 0.3) is 0 Å². The summed E-state index contributed by atoms with van der Waals surface area (Å²) in [6.45, 7) is 1.76. The van der Waals surface area contributed by atoms with Crippen LogP contribution in [0.1, 0.15) is 30.0 Å². The molecule has 19 heavy (non-hydrogen) atoms. The van der Waals surface area contributed by atoms with Crippen molar-refractivity contribution >= 4 is 0 Å². The fourth-order valence-electron chi connectivity index (χ4n) is 2.78. The van der Waals surface area contributed by atoms with E-state index < -0.39 is 0 Å². The maximum Gasteiger partial charge on any atom is 0.115 e. The highest BCUT2D eigenvalue weighted by Crippen LogP contribution is 2.31. The van der Waals surface area contributed by atoms with E-state index in [2.05, 4.69) is 10.4 Å². The number of benzene rings is 1. The van der Waals surface area contributed by atoms with Gasteiger partial charge in [0, 0.05) is 25.0 Å². The molecule has 0 saturated heterocycles. The molecule has 1 atom stereocenters. The van der Waals surface area contributed by atoms with Crippen molar-refractivity contribution in [1.29, 1.82) is 0 Å². The smallest absolute Gasteiger partial charge is 0.115 e. The zero-order valence-corrected chi connectivity index (χ0v) is 10.9. The van der Waals surface area contributed by atoms with E-state index in [1.54, 1.807) is 12.3 Å². The number of aryl methyl sites for hydroxylation is 1. The second-order valence-corrected chi connectivity index (χ2v) is 5.05. The van der Waals surface area contributed by atoms with E-state index in [0.29, 0.717) is 11.8 Å². The summed E-state index contributed by atoms with van der Waals surface area (Å²) in [7, 11) is 0. The predicted molar refractivity (Wildman–Crippen MR) is 74.0 cm³/mol. The molecule has 0 amide bonds. The van der Waals surface area contributed by atoms with Crippen LogP contribution in [-0.4, -0.2) is 21.4 Å². The molecule has 1 aromatic carbocycles. The molecule has 4 nitrogen and oxygen atoms in total. The molecule has 3 rings (SSSR count). The van der Waals surface area contributed by atoms with E-state index >= 15 is 0 Å². The van der Waals surface area contributed by atoms with E-state index in [9.17, 15) is 5.11 Å². The van der Waals surface area contributed by atoms with Gasteiger partial charge in [-0.25, -0.2) is 0 Å². The Kier molecular flexibility index (Phi) is 3.51. The average Bonchev–Trinajstić information content (AvgIpc) is 2.92. The molecule has 4 heteroatoms. The van der Waals surface area contributed by atoms with Gasteiger partial charge in [-0.3, -0.25) is 4.68 Å². The topological polar surface area (TPSA) is 50.1 Å². The molecule has 0 spiro atoms. The number of phenolic OH excluding ortho intramolecular Hbond substituents is 1. The maximum atomic E-state index is 9.64.